The Morgan fingerprint density at radius 2 is 2.00 bits per heavy atom. The zero-order chi connectivity index (χ0) is 15.1. The van der Waals surface area contributed by atoms with Crippen molar-refractivity contribution < 1.29 is 9.53 Å². The fourth-order valence-corrected chi connectivity index (χ4v) is 2.73. The molecule has 0 aromatic heterocycles. The molecule has 0 spiro atoms. The summed E-state index contributed by atoms with van der Waals surface area (Å²) in [7, 11) is 0. The zero-order valence-corrected chi connectivity index (χ0v) is 13.1. The van der Waals surface area contributed by atoms with Crippen molar-refractivity contribution in [1.29, 1.82) is 0 Å². The van der Waals surface area contributed by atoms with Gasteiger partial charge in [-0.2, -0.15) is 4.99 Å². The molecule has 20 heavy (non-hydrogen) atoms. The van der Waals surface area contributed by atoms with Gasteiger partial charge in [0.2, 0.25) is 0 Å². The van der Waals surface area contributed by atoms with E-state index < -0.39 is 5.91 Å². The average Bonchev–Trinajstić information content (AvgIpc) is 2.28. The summed E-state index contributed by atoms with van der Waals surface area (Å²) in [5.74, 6) is -0.0177. The smallest absolute Gasteiger partial charge is 0.280 e. The lowest BCUT2D eigenvalue weighted by Gasteiger charge is -2.31. The zero-order valence-electron chi connectivity index (χ0n) is 11.5. The van der Waals surface area contributed by atoms with E-state index in [0.29, 0.717) is 10.0 Å². The van der Waals surface area contributed by atoms with E-state index in [4.69, 9.17) is 16.2 Å². The molecule has 0 aliphatic carbocycles. The number of benzene rings is 1. The highest BCUT2D eigenvalue weighted by atomic mass is 79.9. The first-order valence-electron chi connectivity index (χ1n) is 6.06. The fourth-order valence-electron chi connectivity index (χ4n) is 2.19. The highest BCUT2D eigenvalue weighted by molar-refractivity contribution is 9.10. The molecule has 1 heterocycles. The fraction of sp³-hybridized carbons (Fsp3) is 0.286. The number of aliphatic imine (C=N–C) groups is 1. The van der Waals surface area contributed by atoms with Crippen molar-refractivity contribution in [2.45, 2.75) is 26.4 Å². The summed E-state index contributed by atoms with van der Waals surface area (Å²) in [5, 5.41) is 0. The summed E-state index contributed by atoms with van der Waals surface area (Å²) in [4.78, 5) is 15.4. The predicted octanol–water partition coefficient (Wildman–Crippen LogP) is 2.44. The van der Waals surface area contributed by atoms with Gasteiger partial charge >= 0.3 is 0 Å². The molecule has 0 atom stereocenters. The van der Waals surface area contributed by atoms with Crippen LogP contribution in [0.4, 0.5) is 0 Å². The second-order valence-electron chi connectivity index (χ2n) is 5.21. The predicted molar refractivity (Wildman–Crippen MR) is 82.6 cm³/mol. The standard InChI is InChI=1S/C14H16BrN3O2/c1-7-6-14(2,3)20-11-9(7)4-8(5-10(11)15)12(19)18-13(16)17/h4-6H,1-3H3,(H4,16,17,18,19). The van der Waals surface area contributed by atoms with Crippen LogP contribution >= 0.6 is 15.9 Å². The SMILES string of the molecule is CC1=CC(C)(C)Oc2c(Br)cc(C(=O)N=C(N)N)cc21. The average molecular weight is 338 g/mol. The molecule has 0 fully saturated rings. The number of carbonyl (C=O) groups excluding carboxylic acids is 1. The van der Waals surface area contributed by atoms with Gasteiger partial charge in [-0.3, -0.25) is 4.79 Å². The number of guanidine groups is 1. The monoisotopic (exact) mass is 337 g/mol. The van der Waals surface area contributed by atoms with Crippen LogP contribution in [-0.2, 0) is 0 Å². The van der Waals surface area contributed by atoms with Crippen LogP contribution < -0.4 is 16.2 Å². The van der Waals surface area contributed by atoms with Crippen molar-refractivity contribution in [2.75, 3.05) is 0 Å². The molecule has 1 aliphatic rings. The Labute approximate surface area is 125 Å². The van der Waals surface area contributed by atoms with Gasteiger partial charge in [-0.25, -0.2) is 0 Å². The third kappa shape index (κ3) is 2.85. The first kappa shape index (κ1) is 14.6. The summed E-state index contributed by atoms with van der Waals surface area (Å²) in [6, 6.07) is 3.39. The lowest BCUT2D eigenvalue weighted by molar-refractivity contribution is 0.100. The molecule has 0 radical (unpaired) electrons. The van der Waals surface area contributed by atoms with E-state index in [-0.39, 0.29) is 11.6 Å². The highest BCUT2D eigenvalue weighted by Gasteiger charge is 2.27. The lowest BCUT2D eigenvalue weighted by Crippen LogP contribution is -2.29. The van der Waals surface area contributed by atoms with Crippen LogP contribution in [0.5, 0.6) is 5.75 Å². The molecule has 1 aromatic rings. The van der Waals surface area contributed by atoms with Crippen LogP contribution in [0.2, 0.25) is 0 Å². The third-order valence-electron chi connectivity index (χ3n) is 2.88. The van der Waals surface area contributed by atoms with Crippen molar-refractivity contribution >= 4 is 33.4 Å². The van der Waals surface area contributed by atoms with Crippen molar-refractivity contribution in [3.05, 3.63) is 33.8 Å². The molecule has 0 bridgehead atoms. The summed E-state index contributed by atoms with van der Waals surface area (Å²) in [5.41, 5.74) is 12.4. The molecule has 6 heteroatoms. The molecule has 0 unspecified atom stereocenters. The number of nitrogens with two attached hydrogens (primary N) is 2. The number of hydrogen-bond donors (Lipinski definition) is 2. The van der Waals surface area contributed by atoms with E-state index in [1.54, 1.807) is 12.1 Å². The number of rotatable bonds is 1. The number of nitrogens with zero attached hydrogens (tertiary/aromatic N) is 1. The molecule has 0 saturated carbocycles. The van der Waals surface area contributed by atoms with Crippen LogP contribution in [0.15, 0.2) is 27.7 Å². The Bertz CT molecular complexity index is 644. The Morgan fingerprint density at radius 1 is 1.35 bits per heavy atom. The summed E-state index contributed by atoms with van der Waals surface area (Å²) in [6.07, 6.45) is 2.01. The van der Waals surface area contributed by atoms with E-state index in [2.05, 4.69) is 20.9 Å². The van der Waals surface area contributed by atoms with Gasteiger partial charge in [0.1, 0.15) is 11.4 Å². The minimum Gasteiger partial charge on any atom is -0.482 e. The number of carbonyl (C=O) groups is 1. The number of ether oxygens (including phenoxy) is 1. The minimum absolute atomic E-state index is 0.256. The molecule has 5 nitrogen and oxygen atoms in total. The first-order chi connectivity index (χ1) is 9.19. The second-order valence-corrected chi connectivity index (χ2v) is 6.06. The third-order valence-corrected chi connectivity index (χ3v) is 3.46. The van der Waals surface area contributed by atoms with Gasteiger partial charge in [0, 0.05) is 11.1 Å². The topological polar surface area (TPSA) is 90.7 Å². The molecule has 1 aromatic carbocycles. The number of halogens is 1. The molecular weight excluding hydrogens is 322 g/mol. The van der Waals surface area contributed by atoms with Crippen LogP contribution in [0.3, 0.4) is 0 Å². The van der Waals surface area contributed by atoms with E-state index >= 15 is 0 Å². The quantitative estimate of drug-likeness (QED) is 0.608. The van der Waals surface area contributed by atoms with E-state index in [0.717, 1.165) is 16.9 Å². The van der Waals surface area contributed by atoms with E-state index in [1.807, 2.05) is 26.8 Å². The Morgan fingerprint density at radius 3 is 2.60 bits per heavy atom. The number of amides is 1. The van der Waals surface area contributed by atoms with Gasteiger partial charge in [-0.05, 0) is 60.5 Å². The molecule has 106 valence electrons. The van der Waals surface area contributed by atoms with Crippen LogP contribution in [0.1, 0.15) is 36.7 Å². The maximum Gasteiger partial charge on any atom is 0.280 e. The van der Waals surface area contributed by atoms with Crippen molar-refractivity contribution in [1.82, 2.24) is 0 Å². The molecule has 1 aliphatic heterocycles. The summed E-state index contributed by atoms with van der Waals surface area (Å²) in [6.45, 7) is 5.93. The van der Waals surface area contributed by atoms with Crippen LogP contribution in [0, 0.1) is 0 Å². The Kier molecular flexibility index (Phi) is 3.60. The minimum atomic E-state index is -0.480. The largest absolute Gasteiger partial charge is 0.482 e. The Hall–Kier alpha value is -1.82. The normalized spacial score (nSPS) is 15.7. The number of fused-ring (bicyclic) bond motifs is 1. The number of allylic oxidation sites excluding steroid dienone is 1. The maximum atomic E-state index is 11.9. The Balaban J connectivity index is 2.55. The summed E-state index contributed by atoms with van der Waals surface area (Å²) >= 11 is 3.43. The second kappa shape index (κ2) is 4.94. The maximum absolute atomic E-state index is 11.9. The van der Waals surface area contributed by atoms with Gasteiger partial charge in [0.15, 0.2) is 5.96 Å². The van der Waals surface area contributed by atoms with Crippen LogP contribution in [-0.4, -0.2) is 17.5 Å². The van der Waals surface area contributed by atoms with E-state index in [9.17, 15) is 4.79 Å². The first-order valence-corrected chi connectivity index (χ1v) is 6.85. The van der Waals surface area contributed by atoms with Gasteiger partial charge in [-0.1, -0.05) is 0 Å². The molecular formula is C14H16BrN3O2. The van der Waals surface area contributed by atoms with Gasteiger partial charge in [-0.15, -0.1) is 0 Å². The molecule has 2 rings (SSSR count). The molecule has 0 saturated heterocycles. The van der Waals surface area contributed by atoms with Gasteiger partial charge in [0.25, 0.3) is 5.91 Å². The molecule has 4 N–H and O–H groups in total. The highest BCUT2D eigenvalue weighted by Crippen LogP contribution is 2.41. The molecule has 1 amide bonds. The van der Waals surface area contributed by atoms with Gasteiger partial charge < -0.3 is 16.2 Å². The van der Waals surface area contributed by atoms with Crippen molar-refractivity contribution in [3.8, 4) is 5.75 Å². The van der Waals surface area contributed by atoms with Crippen LogP contribution in [0.25, 0.3) is 5.57 Å². The van der Waals surface area contributed by atoms with Gasteiger partial charge in [0.05, 0.1) is 4.47 Å². The number of hydrogen-bond acceptors (Lipinski definition) is 2. The van der Waals surface area contributed by atoms with Crippen molar-refractivity contribution in [3.63, 3.8) is 0 Å². The lowest BCUT2D eigenvalue weighted by atomic mass is 9.94. The summed E-state index contributed by atoms with van der Waals surface area (Å²) < 4.78 is 6.62. The van der Waals surface area contributed by atoms with Crippen molar-refractivity contribution in [2.24, 2.45) is 16.5 Å². The van der Waals surface area contributed by atoms with E-state index in [1.165, 1.54) is 0 Å².